The number of hydrogen-bond donors (Lipinski definition) is 1. The number of halogens is 1. The van der Waals surface area contributed by atoms with Gasteiger partial charge in [0.25, 0.3) is 0 Å². The lowest BCUT2D eigenvalue weighted by molar-refractivity contribution is -0.145. The molecule has 1 aliphatic rings. The van der Waals surface area contributed by atoms with Crippen LogP contribution in [0.2, 0.25) is 4.34 Å². The Hall–Kier alpha value is -0.580. The molecule has 1 aliphatic heterocycles. The van der Waals surface area contributed by atoms with Gasteiger partial charge in [0.05, 0.1) is 29.4 Å². The van der Waals surface area contributed by atoms with Crippen molar-refractivity contribution < 1.29 is 14.6 Å². The molecule has 0 bridgehead atoms. The number of ether oxygens (including phenoxy) is 1. The lowest BCUT2D eigenvalue weighted by atomic mass is 9.81. The van der Waals surface area contributed by atoms with Gasteiger partial charge in [0.1, 0.15) is 0 Å². The molecule has 14 heavy (non-hydrogen) atoms. The maximum atomic E-state index is 10.7. The highest BCUT2D eigenvalue weighted by Crippen LogP contribution is 2.40. The standard InChI is InChI=1S/C9H9ClO3S/c10-7-2-1-6(14-7)9(3-8(11)12)4-13-5-9/h1-2H,3-5H2,(H,11,12). The third-order valence-electron chi connectivity index (χ3n) is 2.34. The van der Waals surface area contributed by atoms with Crippen molar-refractivity contribution in [1.82, 2.24) is 0 Å². The third kappa shape index (κ3) is 1.65. The van der Waals surface area contributed by atoms with E-state index in [9.17, 15) is 4.79 Å². The summed E-state index contributed by atoms with van der Waals surface area (Å²) < 4.78 is 5.79. The van der Waals surface area contributed by atoms with Gasteiger partial charge in [-0.2, -0.15) is 0 Å². The zero-order chi connectivity index (χ0) is 10.2. The maximum absolute atomic E-state index is 10.7. The highest BCUT2D eigenvalue weighted by molar-refractivity contribution is 7.16. The molecular formula is C9H9ClO3S. The van der Waals surface area contributed by atoms with Gasteiger partial charge >= 0.3 is 5.97 Å². The first-order chi connectivity index (χ1) is 6.62. The van der Waals surface area contributed by atoms with Gasteiger partial charge in [-0.15, -0.1) is 11.3 Å². The smallest absolute Gasteiger partial charge is 0.304 e. The van der Waals surface area contributed by atoms with Crippen molar-refractivity contribution in [2.75, 3.05) is 13.2 Å². The van der Waals surface area contributed by atoms with Crippen LogP contribution in [0.3, 0.4) is 0 Å². The van der Waals surface area contributed by atoms with E-state index in [2.05, 4.69) is 0 Å². The highest BCUT2D eigenvalue weighted by Gasteiger charge is 2.43. The Balaban J connectivity index is 2.24. The van der Waals surface area contributed by atoms with E-state index in [-0.39, 0.29) is 11.8 Å². The fourth-order valence-electron chi connectivity index (χ4n) is 1.57. The molecule has 1 fully saturated rings. The summed E-state index contributed by atoms with van der Waals surface area (Å²) in [5, 5.41) is 8.80. The second-order valence-electron chi connectivity index (χ2n) is 3.45. The van der Waals surface area contributed by atoms with Crippen LogP contribution in [-0.4, -0.2) is 24.3 Å². The number of hydrogen-bond acceptors (Lipinski definition) is 3. The molecule has 2 heterocycles. The minimum absolute atomic E-state index is 0.115. The van der Waals surface area contributed by atoms with Crippen LogP contribution < -0.4 is 0 Å². The van der Waals surface area contributed by atoms with E-state index in [0.29, 0.717) is 17.6 Å². The number of thiophene rings is 1. The van der Waals surface area contributed by atoms with Crippen molar-refractivity contribution in [3.05, 3.63) is 21.3 Å². The molecule has 0 aromatic carbocycles. The number of rotatable bonds is 3. The molecule has 1 aromatic rings. The molecule has 0 atom stereocenters. The molecular weight excluding hydrogens is 224 g/mol. The van der Waals surface area contributed by atoms with Crippen LogP contribution in [0, 0.1) is 0 Å². The first-order valence-electron chi connectivity index (χ1n) is 4.18. The van der Waals surface area contributed by atoms with Gasteiger partial charge in [0.2, 0.25) is 0 Å². The van der Waals surface area contributed by atoms with Crippen LogP contribution in [0.1, 0.15) is 11.3 Å². The molecule has 1 N–H and O–H groups in total. The molecule has 0 aliphatic carbocycles. The Morgan fingerprint density at radius 1 is 1.64 bits per heavy atom. The largest absolute Gasteiger partial charge is 0.481 e. The molecule has 2 rings (SSSR count). The van der Waals surface area contributed by atoms with Crippen molar-refractivity contribution >= 4 is 28.9 Å². The zero-order valence-corrected chi connectivity index (χ0v) is 8.90. The first-order valence-corrected chi connectivity index (χ1v) is 5.37. The van der Waals surface area contributed by atoms with E-state index < -0.39 is 5.97 Å². The van der Waals surface area contributed by atoms with E-state index in [1.807, 2.05) is 6.07 Å². The van der Waals surface area contributed by atoms with Crippen molar-refractivity contribution in [1.29, 1.82) is 0 Å². The van der Waals surface area contributed by atoms with Gasteiger partial charge < -0.3 is 9.84 Å². The number of aliphatic carboxylic acids is 1. The van der Waals surface area contributed by atoms with Crippen LogP contribution in [-0.2, 0) is 14.9 Å². The Bertz CT molecular complexity index is 357. The predicted octanol–water partition coefficient (Wildman–Crippen LogP) is 2.14. The van der Waals surface area contributed by atoms with Crippen LogP contribution in [0.5, 0.6) is 0 Å². The fraction of sp³-hybridized carbons (Fsp3) is 0.444. The number of carbonyl (C=O) groups is 1. The summed E-state index contributed by atoms with van der Waals surface area (Å²) in [6.45, 7) is 0.965. The average Bonchev–Trinajstić information content (AvgIpc) is 2.44. The molecule has 0 saturated carbocycles. The number of carboxylic acids is 1. The monoisotopic (exact) mass is 232 g/mol. The van der Waals surface area contributed by atoms with Gasteiger partial charge in [-0.25, -0.2) is 0 Å². The normalized spacial score (nSPS) is 18.9. The maximum Gasteiger partial charge on any atom is 0.304 e. The molecule has 0 unspecified atom stereocenters. The lowest BCUT2D eigenvalue weighted by Gasteiger charge is -2.39. The van der Waals surface area contributed by atoms with E-state index in [4.69, 9.17) is 21.4 Å². The third-order valence-corrected chi connectivity index (χ3v) is 3.82. The van der Waals surface area contributed by atoms with E-state index in [1.165, 1.54) is 11.3 Å². The molecule has 1 saturated heterocycles. The second-order valence-corrected chi connectivity index (χ2v) is 5.16. The van der Waals surface area contributed by atoms with Gasteiger partial charge in [-0.1, -0.05) is 11.6 Å². The lowest BCUT2D eigenvalue weighted by Crippen LogP contribution is -2.47. The molecule has 76 valence electrons. The molecule has 0 spiro atoms. The van der Waals surface area contributed by atoms with E-state index in [0.717, 1.165) is 4.88 Å². The van der Waals surface area contributed by atoms with Crippen molar-refractivity contribution in [2.24, 2.45) is 0 Å². The Morgan fingerprint density at radius 3 is 2.71 bits per heavy atom. The zero-order valence-electron chi connectivity index (χ0n) is 7.33. The Labute approximate surface area is 90.3 Å². The summed E-state index contributed by atoms with van der Waals surface area (Å²) in [4.78, 5) is 11.7. The molecule has 0 amide bonds. The Kier molecular flexibility index (Phi) is 2.51. The topological polar surface area (TPSA) is 46.5 Å². The van der Waals surface area contributed by atoms with Crippen LogP contribution in [0.25, 0.3) is 0 Å². The van der Waals surface area contributed by atoms with Gasteiger partial charge in [0.15, 0.2) is 0 Å². The van der Waals surface area contributed by atoms with Crippen molar-refractivity contribution in [3.63, 3.8) is 0 Å². The minimum atomic E-state index is -0.794. The SMILES string of the molecule is O=C(O)CC1(c2ccc(Cl)s2)COC1. The van der Waals surface area contributed by atoms with Gasteiger partial charge in [0, 0.05) is 4.88 Å². The van der Waals surface area contributed by atoms with Crippen molar-refractivity contribution in [2.45, 2.75) is 11.8 Å². The summed E-state index contributed by atoms with van der Waals surface area (Å²) in [7, 11) is 0. The van der Waals surface area contributed by atoms with Crippen LogP contribution in [0.4, 0.5) is 0 Å². The summed E-state index contributed by atoms with van der Waals surface area (Å²) in [5.74, 6) is -0.794. The summed E-state index contributed by atoms with van der Waals surface area (Å²) in [6, 6.07) is 3.68. The summed E-state index contributed by atoms with van der Waals surface area (Å²) >= 11 is 7.25. The molecule has 0 radical (unpaired) electrons. The van der Waals surface area contributed by atoms with Gasteiger partial charge in [-0.3, -0.25) is 4.79 Å². The van der Waals surface area contributed by atoms with E-state index in [1.54, 1.807) is 6.07 Å². The Morgan fingerprint density at radius 2 is 2.36 bits per heavy atom. The van der Waals surface area contributed by atoms with Gasteiger partial charge in [-0.05, 0) is 12.1 Å². The molecule has 3 nitrogen and oxygen atoms in total. The van der Waals surface area contributed by atoms with Crippen molar-refractivity contribution in [3.8, 4) is 0 Å². The quantitative estimate of drug-likeness (QED) is 0.869. The highest BCUT2D eigenvalue weighted by atomic mass is 35.5. The fourth-order valence-corrected chi connectivity index (χ4v) is 2.77. The van der Waals surface area contributed by atoms with E-state index >= 15 is 0 Å². The predicted molar refractivity (Wildman–Crippen MR) is 54.1 cm³/mol. The minimum Gasteiger partial charge on any atom is -0.481 e. The number of carboxylic acid groups (broad SMARTS) is 1. The molecule has 1 aromatic heterocycles. The van der Waals surface area contributed by atoms with Crippen LogP contribution in [0.15, 0.2) is 12.1 Å². The second kappa shape index (κ2) is 3.53. The molecule has 5 heteroatoms. The van der Waals surface area contributed by atoms with Crippen LogP contribution >= 0.6 is 22.9 Å². The summed E-state index contributed by atoms with van der Waals surface area (Å²) in [6.07, 6.45) is 0.115. The average molecular weight is 233 g/mol. The first kappa shape index (κ1) is 9.96. The summed E-state index contributed by atoms with van der Waals surface area (Å²) in [5.41, 5.74) is -0.330.